The lowest BCUT2D eigenvalue weighted by Gasteiger charge is -2.30. The van der Waals surface area contributed by atoms with Gasteiger partial charge in [0.25, 0.3) is 5.19 Å². The van der Waals surface area contributed by atoms with Gasteiger partial charge in [-0.05, 0) is 68.5 Å². The van der Waals surface area contributed by atoms with Crippen molar-refractivity contribution in [3.8, 4) is 5.19 Å². The quantitative estimate of drug-likeness (QED) is 0.348. The fraction of sp³-hybridized carbons (Fsp3) is 0.438. The number of halogens is 1. The first kappa shape index (κ1) is 29.1. The second-order valence-corrected chi connectivity index (χ2v) is 12.8. The van der Waals surface area contributed by atoms with Crippen LogP contribution in [-0.4, -0.2) is 63.0 Å². The Bertz CT molecular complexity index is 1580. The second-order valence-electron chi connectivity index (χ2n) is 11.8. The van der Waals surface area contributed by atoms with E-state index in [4.69, 9.17) is 4.74 Å². The topological polar surface area (TPSA) is 121 Å². The number of allylic oxidation sites excluding steroid dienone is 1. The summed E-state index contributed by atoms with van der Waals surface area (Å²) < 4.78 is 21.2. The zero-order chi connectivity index (χ0) is 30.1. The van der Waals surface area contributed by atoms with Crippen molar-refractivity contribution in [2.45, 2.75) is 75.6 Å². The average molecular weight is 607 g/mol. The number of benzene rings is 2. The largest absolute Gasteiger partial charge is 0.479 e. The molecule has 1 saturated heterocycles. The van der Waals surface area contributed by atoms with E-state index in [1.54, 1.807) is 12.1 Å². The Hall–Kier alpha value is -3.99. The molecule has 9 nitrogen and oxygen atoms in total. The molecule has 0 unspecified atom stereocenters. The number of aliphatic carboxylic acids is 1. The number of fused-ring (bicyclic) bond motifs is 3. The molecule has 226 valence electrons. The predicted molar refractivity (Wildman–Crippen MR) is 162 cm³/mol. The van der Waals surface area contributed by atoms with Crippen molar-refractivity contribution in [3.05, 3.63) is 66.0 Å². The van der Waals surface area contributed by atoms with Crippen LogP contribution in [0.25, 0.3) is 10.2 Å². The molecule has 1 saturated carbocycles. The van der Waals surface area contributed by atoms with Gasteiger partial charge >= 0.3 is 5.97 Å². The Morgan fingerprint density at radius 3 is 2.88 bits per heavy atom. The lowest BCUT2D eigenvalue weighted by molar-refractivity contribution is -0.145. The van der Waals surface area contributed by atoms with Gasteiger partial charge in [-0.25, -0.2) is 14.2 Å². The van der Waals surface area contributed by atoms with Gasteiger partial charge in [0, 0.05) is 18.0 Å². The van der Waals surface area contributed by atoms with Crippen molar-refractivity contribution in [3.63, 3.8) is 0 Å². The SMILES string of the molecule is Cc1ccc2nc(O[C@@H]3C[C@H]4C(=O)N[C@]5(C(=O)O)C[C@H]5/C=C\CCCCC[C@H](Nc5cccc(F)c5)C(=O)N4C3)sc2c1. The van der Waals surface area contributed by atoms with Gasteiger partial charge in [0.15, 0.2) is 0 Å². The number of carbonyl (C=O) groups excluding carboxylic acids is 2. The third-order valence-electron chi connectivity index (χ3n) is 8.58. The van der Waals surface area contributed by atoms with Crippen molar-refractivity contribution >= 4 is 45.0 Å². The maximum atomic E-state index is 14.2. The molecular formula is C32H35FN4O5S. The number of aryl methyl sites for hydroxylation is 1. The summed E-state index contributed by atoms with van der Waals surface area (Å²) in [5, 5.41) is 16.5. The van der Waals surface area contributed by atoms with Gasteiger partial charge in [-0.2, -0.15) is 0 Å². The van der Waals surface area contributed by atoms with Gasteiger partial charge in [0.1, 0.15) is 29.5 Å². The molecule has 43 heavy (non-hydrogen) atoms. The number of nitrogens with zero attached hydrogens (tertiary/aromatic N) is 2. The number of aromatic nitrogens is 1. The molecular weight excluding hydrogens is 571 g/mol. The van der Waals surface area contributed by atoms with Gasteiger partial charge in [-0.15, -0.1) is 0 Å². The van der Waals surface area contributed by atoms with Crippen LogP contribution in [0.2, 0.25) is 0 Å². The van der Waals surface area contributed by atoms with Gasteiger partial charge in [-0.3, -0.25) is 9.59 Å². The Morgan fingerprint density at radius 2 is 2.07 bits per heavy atom. The minimum Gasteiger partial charge on any atom is -0.479 e. The molecule has 0 bridgehead atoms. The zero-order valence-corrected chi connectivity index (χ0v) is 24.7. The first-order valence-corrected chi connectivity index (χ1v) is 15.6. The molecule has 6 rings (SSSR count). The maximum absolute atomic E-state index is 14.2. The van der Waals surface area contributed by atoms with E-state index in [0.29, 0.717) is 23.7 Å². The summed E-state index contributed by atoms with van der Waals surface area (Å²) in [6, 6.07) is 10.3. The highest BCUT2D eigenvalue weighted by atomic mass is 32.1. The van der Waals surface area contributed by atoms with Crippen molar-refractivity contribution in [2.75, 3.05) is 11.9 Å². The van der Waals surface area contributed by atoms with Crippen molar-refractivity contribution < 1.29 is 28.6 Å². The van der Waals surface area contributed by atoms with E-state index in [1.807, 2.05) is 37.3 Å². The first-order chi connectivity index (χ1) is 20.7. The van der Waals surface area contributed by atoms with Crippen molar-refractivity contribution in [2.24, 2.45) is 5.92 Å². The fourth-order valence-corrected chi connectivity index (χ4v) is 7.11. The van der Waals surface area contributed by atoms with Crippen molar-refractivity contribution in [1.29, 1.82) is 0 Å². The lowest BCUT2D eigenvalue weighted by Crippen LogP contribution is -2.55. The molecule has 2 aromatic carbocycles. The molecule has 2 aliphatic heterocycles. The molecule has 1 aliphatic carbocycles. The number of nitrogens with one attached hydrogen (secondary N) is 2. The van der Waals surface area contributed by atoms with Crippen LogP contribution in [-0.2, 0) is 14.4 Å². The Balaban J connectivity index is 1.29. The third kappa shape index (κ3) is 6.22. The smallest absolute Gasteiger partial charge is 0.330 e. The number of ether oxygens (including phenoxy) is 1. The van der Waals surface area contributed by atoms with Crippen LogP contribution < -0.4 is 15.4 Å². The second kappa shape index (κ2) is 11.9. The van der Waals surface area contributed by atoms with Crippen LogP contribution >= 0.6 is 11.3 Å². The van der Waals surface area contributed by atoms with Crippen LogP contribution in [0.5, 0.6) is 5.19 Å². The standard InChI is InChI=1S/C32H35FN4O5S/c1-19-12-13-24-27(14-19)43-31(35-24)42-23-16-26-28(38)36-32(30(40)41)17-20(32)8-5-3-2-4-6-11-25(29(39)37(26)18-23)34-22-10-7-9-21(33)15-22/h5,7-10,12-15,20,23,25-26,34H,2-4,6,11,16-18H2,1H3,(H,36,38)(H,40,41)/b8-5-/t20-,23-,25+,26+,32-/m1/s1. The normalized spacial score (nSPS) is 28.7. The number of rotatable bonds is 5. The molecule has 0 radical (unpaired) electrons. The molecule has 1 aromatic heterocycles. The summed E-state index contributed by atoms with van der Waals surface area (Å²) in [5.74, 6) is -2.63. The molecule has 3 aromatic rings. The van der Waals surface area contributed by atoms with Gasteiger partial charge in [0.05, 0.1) is 16.8 Å². The summed E-state index contributed by atoms with van der Waals surface area (Å²) in [5.41, 5.74) is 1.01. The van der Waals surface area contributed by atoms with E-state index >= 15 is 0 Å². The molecule has 3 heterocycles. The number of hydrogen-bond donors (Lipinski definition) is 3. The molecule has 3 N–H and O–H groups in total. The van der Waals surface area contributed by atoms with Gasteiger partial charge in [-0.1, -0.05) is 48.5 Å². The van der Waals surface area contributed by atoms with E-state index in [2.05, 4.69) is 15.6 Å². The minimum absolute atomic E-state index is 0.136. The minimum atomic E-state index is -1.38. The highest BCUT2D eigenvalue weighted by Gasteiger charge is 2.61. The maximum Gasteiger partial charge on any atom is 0.330 e. The van der Waals surface area contributed by atoms with Crippen LogP contribution in [0.15, 0.2) is 54.6 Å². The molecule has 3 aliphatic rings. The van der Waals surface area contributed by atoms with E-state index in [-0.39, 0.29) is 24.8 Å². The third-order valence-corrected chi connectivity index (χ3v) is 9.49. The van der Waals surface area contributed by atoms with E-state index in [0.717, 1.165) is 41.5 Å². The van der Waals surface area contributed by atoms with Crippen LogP contribution in [0.3, 0.4) is 0 Å². The molecule has 5 atom stereocenters. The summed E-state index contributed by atoms with van der Waals surface area (Å²) in [6.45, 7) is 2.14. The molecule has 2 fully saturated rings. The summed E-state index contributed by atoms with van der Waals surface area (Å²) in [4.78, 5) is 46.3. The highest BCUT2D eigenvalue weighted by Crippen LogP contribution is 2.45. The Labute approximate surface area is 253 Å². The van der Waals surface area contributed by atoms with E-state index in [9.17, 15) is 23.9 Å². The van der Waals surface area contributed by atoms with Gasteiger partial charge < -0.3 is 25.4 Å². The number of thiazole rings is 1. The van der Waals surface area contributed by atoms with Gasteiger partial charge in [0.2, 0.25) is 11.8 Å². The number of amides is 2. The first-order valence-electron chi connectivity index (χ1n) is 14.8. The zero-order valence-electron chi connectivity index (χ0n) is 23.9. The molecule has 2 amide bonds. The lowest BCUT2D eigenvalue weighted by atomic mass is 10.0. The van der Waals surface area contributed by atoms with Crippen molar-refractivity contribution in [1.82, 2.24) is 15.2 Å². The number of hydrogen-bond acceptors (Lipinski definition) is 7. The average Bonchev–Trinajstić information content (AvgIpc) is 3.29. The number of carboxylic acid groups (broad SMARTS) is 1. The molecule has 11 heteroatoms. The van der Waals surface area contributed by atoms with Crippen LogP contribution in [0, 0.1) is 18.7 Å². The Kier molecular flexibility index (Phi) is 8.09. The predicted octanol–water partition coefficient (Wildman–Crippen LogP) is 5.05. The monoisotopic (exact) mass is 606 g/mol. The summed E-state index contributed by atoms with van der Waals surface area (Å²) in [6.07, 6.45) is 7.65. The molecule has 0 spiro atoms. The fourth-order valence-electron chi connectivity index (χ4n) is 6.13. The summed E-state index contributed by atoms with van der Waals surface area (Å²) >= 11 is 1.40. The van der Waals surface area contributed by atoms with E-state index in [1.165, 1.54) is 28.4 Å². The van der Waals surface area contributed by atoms with Crippen LogP contribution in [0.1, 0.15) is 50.5 Å². The number of anilines is 1. The summed E-state index contributed by atoms with van der Waals surface area (Å²) in [7, 11) is 0. The number of carbonyl (C=O) groups is 3. The Morgan fingerprint density at radius 1 is 1.21 bits per heavy atom. The van der Waals surface area contributed by atoms with Crippen LogP contribution in [0.4, 0.5) is 10.1 Å². The highest BCUT2D eigenvalue weighted by molar-refractivity contribution is 7.20. The van der Waals surface area contributed by atoms with E-state index < -0.39 is 41.4 Å². The number of carboxylic acids is 1.